The highest BCUT2D eigenvalue weighted by molar-refractivity contribution is 5.77. The molecule has 6 nitrogen and oxygen atoms in total. The topological polar surface area (TPSA) is 68.2 Å². The van der Waals surface area contributed by atoms with Crippen molar-refractivity contribution in [3.05, 3.63) is 17.5 Å². The molecule has 0 radical (unpaired) electrons. The van der Waals surface area contributed by atoms with Crippen molar-refractivity contribution in [3.63, 3.8) is 0 Å². The van der Waals surface area contributed by atoms with Crippen LogP contribution in [0, 0.1) is 6.92 Å². The number of aromatic nitrogens is 2. The van der Waals surface area contributed by atoms with E-state index in [9.17, 15) is 4.79 Å². The average Bonchev–Trinajstić information content (AvgIpc) is 2.70. The molecule has 0 bridgehead atoms. The minimum Gasteiger partial charge on any atom is -0.383 e. The molecule has 0 saturated heterocycles. The van der Waals surface area contributed by atoms with E-state index in [-0.39, 0.29) is 5.91 Å². The maximum Gasteiger partial charge on any atom is 0.234 e. The van der Waals surface area contributed by atoms with Crippen LogP contribution >= 0.6 is 0 Å². The molecule has 0 aliphatic rings. The quantitative estimate of drug-likeness (QED) is 0.644. The first-order chi connectivity index (χ1) is 8.67. The number of hydrogen-bond acceptors (Lipinski definition) is 4. The Morgan fingerprint density at radius 2 is 2.33 bits per heavy atom. The molecule has 18 heavy (non-hydrogen) atoms. The number of hydrogen-bond donors (Lipinski definition) is 2. The van der Waals surface area contributed by atoms with Crippen LogP contribution in [0.25, 0.3) is 0 Å². The Hall–Kier alpha value is -1.40. The lowest BCUT2D eigenvalue weighted by Crippen LogP contribution is -2.35. The number of ether oxygens (including phenoxy) is 1. The zero-order valence-electron chi connectivity index (χ0n) is 11.3. The summed E-state index contributed by atoms with van der Waals surface area (Å²) < 4.78 is 6.79. The highest BCUT2D eigenvalue weighted by atomic mass is 16.5. The van der Waals surface area contributed by atoms with Crippen molar-refractivity contribution in [2.24, 2.45) is 0 Å². The Kier molecular flexibility index (Phi) is 6.38. The third kappa shape index (κ3) is 4.85. The van der Waals surface area contributed by atoms with Crippen molar-refractivity contribution in [3.8, 4) is 0 Å². The van der Waals surface area contributed by atoms with Crippen LogP contribution < -0.4 is 10.6 Å². The normalized spacial score (nSPS) is 10.6. The summed E-state index contributed by atoms with van der Waals surface area (Å²) in [7, 11) is 1.61. The third-order valence-electron chi connectivity index (χ3n) is 2.51. The largest absolute Gasteiger partial charge is 0.383 e. The van der Waals surface area contributed by atoms with Gasteiger partial charge in [0.15, 0.2) is 0 Å². The SMILES string of the molecule is CCn1nc(C)cc1CNCC(=O)NCCOC. The van der Waals surface area contributed by atoms with E-state index in [1.165, 1.54) is 0 Å². The number of amides is 1. The minimum absolute atomic E-state index is 0.0219. The van der Waals surface area contributed by atoms with Gasteiger partial charge in [0.25, 0.3) is 0 Å². The Labute approximate surface area is 108 Å². The van der Waals surface area contributed by atoms with E-state index in [1.54, 1.807) is 7.11 Å². The molecule has 2 N–H and O–H groups in total. The molecule has 1 heterocycles. The highest BCUT2D eigenvalue weighted by Gasteiger charge is 2.05. The highest BCUT2D eigenvalue weighted by Crippen LogP contribution is 2.02. The van der Waals surface area contributed by atoms with Gasteiger partial charge in [0, 0.05) is 26.7 Å². The van der Waals surface area contributed by atoms with Crippen LogP contribution in [0.15, 0.2) is 6.07 Å². The van der Waals surface area contributed by atoms with Crippen LogP contribution in [0.5, 0.6) is 0 Å². The summed E-state index contributed by atoms with van der Waals surface area (Å²) in [6, 6.07) is 2.03. The van der Waals surface area contributed by atoms with Crippen molar-refractivity contribution in [1.82, 2.24) is 20.4 Å². The van der Waals surface area contributed by atoms with Gasteiger partial charge in [-0.25, -0.2) is 0 Å². The number of carbonyl (C=O) groups is 1. The molecule has 0 aromatic carbocycles. The van der Waals surface area contributed by atoms with Crippen LogP contribution in [-0.4, -0.2) is 42.5 Å². The fourth-order valence-electron chi connectivity index (χ4n) is 1.67. The van der Waals surface area contributed by atoms with E-state index in [1.807, 2.05) is 24.6 Å². The average molecular weight is 254 g/mol. The van der Waals surface area contributed by atoms with Crippen LogP contribution in [0.4, 0.5) is 0 Å². The molecule has 102 valence electrons. The van der Waals surface area contributed by atoms with Gasteiger partial charge in [-0.1, -0.05) is 0 Å². The zero-order chi connectivity index (χ0) is 13.4. The molecule has 0 fully saturated rings. The van der Waals surface area contributed by atoms with Gasteiger partial charge in [0.1, 0.15) is 0 Å². The molecular formula is C12H22N4O2. The molecule has 0 unspecified atom stereocenters. The molecule has 1 aromatic heterocycles. The van der Waals surface area contributed by atoms with Crippen molar-refractivity contribution in [1.29, 1.82) is 0 Å². The zero-order valence-corrected chi connectivity index (χ0v) is 11.3. The maximum atomic E-state index is 11.4. The van der Waals surface area contributed by atoms with Gasteiger partial charge < -0.3 is 15.4 Å². The lowest BCUT2D eigenvalue weighted by Gasteiger charge is -2.07. The summed E-state index contributed by atoms with van der Waals surface area (Å²) in [5, 5.41) is 10.2. The maximum absolute atomic E-state index is 11.4. The van der Waals surface area contributed by atoms with Crippen LogP contribution in [0.3, 0.4) is 0 Å². The first-order valence-corrected chi connectivity index (χ1v) is 6.17. The van der Waals surface area contributed by atoms with Crippen LogP contribution in [-0.2, 0) is 22.6 Å². The molecule has 0 saturated carbocycles. The summed E-state index contributed by atoms with van der Waals surface area (Å²) in [4.78, 5) is 11.4. The van der Waals surface area contributed by atoms with Crippen molar-refractivity contribution >= 4 is 5.91 Å². The summed E-state index contributed by atoms with van der Waals surface area (Å²) >= 11 is 0. The van der Waals surface area contributed by atoms with Gasteiger partial charge in [-0.05, 0) is 19.9 Å². The molecule has 1 amide bonds. The molecule has 0 aliphatic heterocycles. The van der Waals surface area contributed by atoms with Crippen LogP contribution in [0.1, 0.15) is 18.3 Å². The summed E-state index contributed by atoms with van der Waals surface area (Å²) in [5.74, 6) is -0.0219. The van der Waals surface area contributed by atoms with E-state index < -0.39 is 0 Å². The Morgan fingerprint density at radius 3 is 3.00 bits per heavy atom. The Morgan fingerprint density at radius 1 is 1.56 bits per heavy atom. The molecular weight excluding hydrogens is 232 g/mol. The number of methoxy groups -OCH3 is 1. The number of aryl methyl sites for hydroxylation is 2. The first-order valence-electron chi connectivity index (χ1n) is 6.17. The second-order valence-electron chi connectivity index (χ2n) is 4.04. The van der Waals surface area contributed by atoms with Gasteiger partial charge in [0.2, 0.25) is 5.91 Å². The van der Waals surface area contributed by atoms with E-state index in [0.29, 0.717) is 26.2 Å². The minimum atomic E-state index is -0.0219. The molecule has 0 aliphatic carbocycles. The first kappa shape index (κ1) is 14.7. The van der Waals surface area contributed by atoms with E-state index >= 15 is 0 Å². The predicted molar refractivity (Wildman–Crippen MR) is 69.2 cm³/mol. The standard InChI is InChI=1S/C12H22N4O2/c1-4-16-11(7-10(2)15-16)8-13-9-12(17)14-5-6-18-3/h7,13H,4-6,8-9H2,1-3H3,(H,14,17). The fraction of sp³-hybridized carbons (Fsp3) is 0.667. The number of nitrogens with zero attached hydrogens (tertiary/aromatic N) is 2. The van der Waals surface area contributed by atoms with Gasteiger partial charge in [-0.3, -0.25) is 9.48 Å². The van der Waals surface area contributed by atoms with Gasteiger partial charge in [-0.2, -0.15) is 5.10 Å². The summed E-state index contributed by atoms with van der Waals surface area (Å²) in [5.41, 5.74) is 2.10. The summed E-state index contributed by atoms with van der Waals surface area (Å²) in [6.45, 7) is 6.88. The number of nitrogens with one attached hydrogen (secondary N) is 2. The van der Waals surface area contributed by atoms with Gasteiger partial charge in [-0.15, -0.1) is 0 Å². The number of carbonyl (C=O) groups excluding carboxylic acids is 1. The molecule has 0 spiro atoms. The number of rotatable bonds is 8. The molecule has 0 atom stereocenters. The van der Waals surface area contributed by atoms with Gasteiger partial charge in [0.05, 0.1) is 24.5 Å². The lowest BCUT2D eigenvalue weighted by atomic mass is 10.3. The van der Waals surface area contributed by atoms with E-state index in [0.717, 1.165) is 17.9 Å². The smallest absolute Gasteiger partial charge is 0.234 e. The van der Waals surface area contributed by atoms with E-state index in [2.05, 4.69) is 15.7 Å². The van der Waals surface area contributed by atoms with Crippen molar-refractivity contribution in [2.75, 3.05) is 26.8 Å². The fourth-order valence-corrected chi connectivity index (χ4v) is 1.67. The Bertz CT molecular complexity index is 376. The van der Waals surface area contributed by atoms with Crippen molar-refractivity contribution < 1.29 is 9.53 Å². The van der Waals surface area contributed by atoms with Crippen LogP contribution in [0.2, 0.25) is 0 Å². The predicted octanol–water partition coefficient (Wildman–Crippen LogP) is 0.0636. The molecule has 6 heteroatoms. The Balaban J connectivity index is 2.26. The second kappa shape index (κ2) is 7.84. The second-order valence-corrected chi connectivity index (χ2v) is 4.04. The van der Waals surface area contributed by atoms with E-state index in [4.69, 9.17) is 4.74 Å². The lowest BCUT2D eigenvalue weighted by molar-refractivity contribution is -0.120. The van der Waals surface area contributed by atoms with Crippen molar-refractivity contribution in [2.45, 2.75) is 26.9 Å². The van der Waals surface area contributed by atoms with Gasteiger partial charge >= 0.3 is 0 Å². The molecule has 1 aromatic rings. The monoisotopic (exact) mass is 254 g/mol. The summed E-state index contributed by atoms with van der Waals surface area (Å²) in [6.07, 6.45) is 0. The molecule has 1 rings (SSSR count). The third-order valence-corrected chi connectivity index (χ3v) is 2.51.